The molecule has 2 nitrogen and oxygen atoms in total. The van der Waals surface area contributed by atoms with Crippen molar-refractivity contribution >= 4 is 11.9 Å². The Morgan fingerprint density at radius 2 is 1.91 bits per heavy atom. The summed E-state index contributed by atoms with van der Waals surface area (Å²) in [7, 11) is 0. The zero-order valence-electron chi connectivity index (χ0n) is 6.12. The van der Waals surface area contributed by atoms with E-state index in [2.05, 4.69) is 5.32 Å². The zero-order valence-corrected chi connectivity index (χ0v) is 6.12. The summed E-state index contributed by atoms with van der Waals surface area (Å²) in [5.41, 5.74) is 1.03. The van der Waals surface area contributed by atoms with Gasteiger partial charge in [-0.3, -0.25) is 0 Å². The van der Waals surface area contributed by atoms with Crippen molar-refractivity contribution in [3.05, 3.63) is 42.6 Å². The molecular formula is C9H10N2. The fraction of sp³-hybridized carbons (Fsp3) is 0. The van der Waals surface area contributed by atoms with Crippen molar-refractivity contribution in [2.24, 2.45) is 0 Å². The van der Waals surface area contributed by atoms with Crippen LogP contribution in [0.25, 0.3) is 0 Å². The molecule has 56 valence electrons. The summed E-state index contributed by atoms with van der Waals surface area (Å²) in [6, 6.07) is 9.81. The molecule has 0 spiro atoms. The van der Waals surface area contributed by atoms with E-state index >= 15 is 0 Å². The average Bonchev–Trinajstić information content (AvgIpc) is 2.07. The molecular weight excluding hydrogens is 136 g/mol. The molecule has 2 N–H and O–H groups in total. The molecule has 0 bridgehead atoms. The van der Waals surface area contributed by atoms with Gasteiger partial charge in [0.2, 0.25) is 0 Å². The molecule has 0 amide bonds. The molecule has 1 aromatic rings. The van der Waals surface area contributed by atoms with Crippen LogP contribution in [0, 0.1) is 5.41 Å². The normalized spacial score (nSPS) is 9.82. The van der Waals surface area contributed by atoms with Crippen LogP contribution in [0.2, 0.25) is 0 Å². The van der Waals surface area contributed by atoms with E-state index in [1.165, 1.54) is 6.21 Å². The second-order valence-corrected chi connectivity index (χ2v) is 2.04. The number of benzene rings is 1. The molecule has 0 aliphatic carbocycles. The van der Waals surface area contributed by atoms with Gasteiger partial charge in [0, 0.05) is 18.1 Å². The Morgan fingerprint density at radius 1 is 1.18 bits per heavy atom. The van der Waals surface area contributed by atoms with E-state index in [0.29, 0.717) is 0 Å². The molecule has 0 heterocycles. The number of allylic oxidation sites excluding steroid dienone is 1. The molecule has 0 atom stereocenters. The lowest BCUT2D eigenvalue weighted by Gasteiger charge is -1.96. The van der Waals surface area contributed by atoms with Gasteiger partial charge in [0.1, 0.15) is 0 Å². The molecule has 1 aromatic carbocycles. The summed E-state index contributed by atoms with van der Waals surface area (Å²) in [5.74, 6) is 0. The minimum Gasteiger partial charge on any atom is -0.362 e. The lowest BCUT2D eigenvalue weighted by atomic mass is 10.3. The van der Waals surface area contributed by atoms with Gasteiger partial charge in [-0.2, -0.15) is 0 Å². The van der Waals surface area contributed by atoms with Gasteiger partial charge in [0.15, 0.2) is 0 Å². The molecule has 11 heavy (non-hydrogen) atoms. The monoisotopic (exact) mass is 146 g/mol. The standard InChI is InChI=1S/C9H10N2/c10-7-4-8-11-9-5-2-1-3-6-9/h1-8,10-11H/b8-4+,10-7?. The second-order valence-electron chi connectivity index (χ2n) is 2.04. The van der Waals surface area contributed by atoms with E-state index in [1.807, 2.05) is 30.3 Å². The van der Waals surface area contributed by atoms with Crippen molar-refractivity contribution < 1.29 is 0 Å². The van der Waals surface area contributed by atoms with Crippen molar-refractivity contribution in [3.63, 3.8) is 0 Å². The lowest BCUT2D eigenvalue weighted by molar-refractivity contribution is 1.56. The van der Waals surface area contributed by atoms with Crippen molar-refractivity contribution in [2.75, 3.05) is 5.32 Å². The summed E-state index contributed by atoms with van der Waals surface area (Å²) >= 11 is 0. The minimum atomic E-state index is 1.03. The smallest absolute Gasteiger partial charge is 0.0379 e. The van der Waals surface area contributed by atoms with Crippen LogP contribution in [-0.2, 0) is 0 Å². The van der Waals surface area contributed by atoms with Crippen LogP contribution in [0.5, 0.6) is 0 Å². The third kappa shape index (κ3) is 2.67. The third-order valence-corrected chi connectivity index (χ3v) is 1.22. The van der Waals surface area contributed by atoms with Crippen molar-refractivity contribution in [3.8, 4) is 0 Å². The number of nitrogens with one attached hydrogen (secondary N) is 2. The molecule has 0 unspecified atom stereocenters. The van der Waals surface area contributed by atoms with Gasteiger partial charge in [-0.05, 0) is 18.2 Å². The molecule has 0 aliphatic rings. The van der Waals surface area contributed by atoms with E-state index in [0.717, 1.165) is 5.69 Å². The molecule has 0 saturated heterocycles. The van der Waals surface area contributed by atoms with Crippen LogP contribution in [-0.4, -0.2) is 6.21 Å². The fourth-order valence-electron chi connectivity index (χ4n) is 0.727. The Labute approximate surface area is 66.1 Å². The van der Waals surface area contributed by atoms with Crippen LogP contribution in [0.1, 0.15) is 0 Å². The highest BCUT2D eigenvalue weighted by atomic mass is 14.8. The SMILES string of the molecule is N=C/C=C/Nc1ccccc1. The first-order chi connectivity index (χ1) is 5.43. The van der Waals surface area contributed by atoms with Gasteiger partial charge in [0.05, 0.1) is 0 Å². The highest BCUT2D eigenvalue weighted by Crippen LogP contribution is 2.03. The average molecular weight is 146 g/mol. The predicted octanol–water partition coefficient (Wildman–Crippen LogP) is 2.26. The summed E-state index contributed by atoms with van der Waals surface area (Å²) in [6.07, 6.45) is 4.59. The Balaban J connectivity index is 2.51. The topological polar surface area (TPSA) is 35.9 Å². The summed E-state index contributed by atoms with van der Waals surface area (Å²) in [4.78, 5) is 0. The van der Waals surface area contributed by atoms with E-state index < -0.39 is 0 Å². The molecule has 0 aliphatic heterocycles. The third-order valence-electron chi connectivity index (χ3n) is 1.22. The maximum absolute atomic E-state index is 6.72. The van der Waals surface area contributed by atoms with Crippen LogP contribution >= 0.6 is 0 Å². The highest BCUT2D eigenvalue weighted by molar-refractivity contribution is 5.68. The number of para-hydroxylation sites is 1. The maximum Gasteiger partial charge on any atom is 0.0379 e. The Hall–Kier alpha value is -1.57. The van der Waals surface area contributed by atoms with Crippen LogP contribution in [0.4, 0.5) is 5.69 Å². The van der Waals surface area contributed by atoms with Gasteiger partial charge in [0.25, 0.3) is 0 Å². The minimum absolute atomic E-state index is 1.03. The summed E-state index contributed by atoms with van der Waals surface area (Å²) < 4.78 is 0. The largest absolute Gasteiger partial charge is 0.362 e. The Kier molecular flexibility index (Phi) is 2.93. The Morgan fingerprint density at radius 3 is 2.55 bits per heavy atom. The summed E-state index contributed by atoms with van der Waals surface area (Å²) in [6.45, 7) is 0. The van der Waals surface area contributed by atoms with Crippen molar-refractivity contribution in [1.82, 2.24) is 0 Å². The fourth-order valence-corrected chi connectivity index (χ4v) is 0.727. The number of hydrogen-bond acceptors (Lipinski definition) is 2. The molecule has 0 fully saturated rings. The summed E-state index contributed by atoms with van der Waals surface area (Å²) in [5, 5.41) is 9.73. The van der Waals surface area contributed by atoms with Gasteiger partial charge in [-0.15, -0.1) is 0 Å². The van der Waals surface area contributed by atoms with E-state index in [4.69, 9.17) is 5.41 Å². The first kappa shape index (κ1) is 7.54. The first-order valence-electron chi connectivity index (χ1n) is 3.40. The van der Waals surface area contributed by atoms with Crippen molar-refractivity contribution in [1.29, 1.82) is 5.41 Å². The van der Waals surface area contributed by atoms with E-state index in [9.17, 15) is 0 Å². The second kappa shape index (κ2) is 4.28. The van der Waals surface area contributed by atoms with E-state index in [-0.39, 0.29) is 0 Å². The molecule has 1 rings (SSSR count). The number of hydrogen-bond donors (Lipinski definition) is 2. The van der Waals surface area contributed by atoms with Gasteiger partial charge < -0.3 is 10.7 Å². The van der Waals surface area contributed by atoms with Crippen molar-refractivity contribution in [2.45, 2.75) is 0 Å². The number of rotatable bonds is 3. The highest BCUT2D eigenvalue weighted by Gasteiger charge is 1.80. The zero-order chi connectivity index (χ0) is 7.94. The quantitative estimate of drug-likeness (QED) is 0.630. The van der Waals surface area contributed by atoms with Crippen LogP contribution in [0.15, 0.2) is 42.6 Å². The van der Waals surface area contributed by atoms with Gasteiger partial charge in [-0.25, -0.2) is 0 Å². The van der Waals surface area contributed by atoms with Crippen LogP contribution in [0.3, 0.4) is 0 Å². The number of anilines is 1. The first-order valence-corrected chi connectivity index (χ1v) is 3.40. The van der Waals surface area contributed by atoms with E-state index in [1.54, 1.807) is 12.3 Å². The van der Waals surface area contributed by atoms with Gasteiger partial charge >= 0.3 is 0 Å². The lowest BCUT2D eigenvalue weighted by Crippen LogP contribution is -1.85. The molecule has 0 aromatic heterocycles. The predicted molar refractivity (Wildman–Crippen MR) is 48.0 cm³/mol. The Bertz CT molecular complexity index is 239. The molecule has 0 radical (unpaired) electrons. The van der Waals surface area contributed by atoms with Crippen LogP contribution < -0.4 is 5.32 Å². The van der Waals surface area contributed by atoms with Gasteiger partial charge in [-0.1, -0.05) is 18.2 Å². The molecule has 0 saturated carbocycles. The maximum atomic E-state index is 6.72. The molecule has 2 heteroatoms.